The van der Waals surface area contributed by atoms with Crippen molar-refractivity contribution in [2.45, 2.75) is 6.92 Å². The molecule has 2 N–H and O–H groups in total. The zero-order valence-electron chi connectivity index (χ0n) is 11.6. The summed E-state index contributed by atoms with van der Waals surface area (Å²) in [6, 6.07) is 8.93. The Morgan fingerprint density at radius 2 is 2.14 bits per heavy atom. The Labute approximate surface area is 131 Å². The summed E-state index contributed by atoms with van der Waals surface area (Å²) in [6.07, 6.45) is 1.72. The van der Waals surface area contributed by atoms with Gasteiger partial charge in [-0.1, -0.05) is 22.0 Å². The van der Waals surface area contributed by atoms with E-state index in [1.165, 1.54) is 0 Å². The number of hydrogen-bond acceptors (Lipinski definition) is 4. The van der Waals surface area contributed by atoms with E-state index in [1.807, 2.05) is 25.1 Å². The molecular weight excluding hydrogens is 332 g/mol. The SMILES string of the molecule is C=CCNc1ccc(C(=O)Nc2ccc(Br)c(C)c2)nn1. The van der Waals surface area contributed by atoms with Crippen LogP contribution in [0.3, 0.4) is 0 Å². The summed E-state index contributed by atoms with van der Waals surface area (Å²) < 4.78 is 0.998. The minimum absolute atomic E-state index is 0.264. The number of carbonyl (C=O) groups excluding carboxylic acids is 1. The van der Waals surface area contributed by atoms with E-state index in [4.69, 9.17) is 0 Å². The van der Waals surface area contributed by atoms with E-state index in [0.29, 0.717) is 12.4 Å². The number of aromatic nitrogens is 2. The molecule has 0 saturated heterocycles. The number of rotatable bonds is 5. The maximum atomic E-state index is 12.1. The topological polar surface area (TPSA) is 66.9 Å². The summed E-state index contributed by atoms with van der Waals surface area (Å²) in [7, 11) is 0. The summed E-state index contributed by atoms with van der Waals surface area (Å²) in [5.41, 5.74) is 2.03. The van der Waals surface area contributed by atoms with Crippen LogP contribution in [-0.2, 0) is 0 Å². The van der Waals surface area contributed by atoms with Crippen molar-refractivity contribution < 1.29 is 4.79 Å². The Hall–Kier alpha value is -2.21. The summed E-state index contributed by atoms with van der Waals surface area (Å²) in [5.74, 6) is 0.311. The highest BCUT2D eigenvalue weighted by atomic mass is 79.9. The van der Waals surface area contributed by atoms with E-state index >= 15 is 0 Å². The molecule has 0 radical (unpaired) electrons. The Morgan fingerprint density at radius 3 is 2.76 bits per heavy atom. The minimum Gasteiger partial charge on any atom is -0.365 e. The maximum absolute atomic E-state index is 12.1. The van der Waals surface area contributed by atoms with Gasteiger partial charge in [-0.2, -0.15) is 0 Å². The van der Waals surface area contributed by atoms with Crippen molar-refractivity contribution in [3.05, 3.63) is 58.7 Å². The van der Waals surface area contributed by atoms with E-state index in [-0.39, 0.29) is 11.6 Å². The first kappa shape index (κ1) is 15.2. The second-order valence-electron chi connectivity index (χ2n) is 4.39. The molecule has 0 saturated carbocycles. The number of hydrogen-bond donors (Lipinski definition) is 2. The highest BCUT2D eigenvalue weighted by molar-refractivity contribution is 9.10. The molecule has 0 unspecified atom stereocenters. The Balaban J connectivity index is 2.05. The molecule has 21 heavy (non-hydrogen) atoms. The van der Waals surface area contributed by atoms with Gasteiger partial charge in [0, 0.05) is 16.7 Å². The number of aryl methyl sites for hydroxylation is 1. The molecule has 0 atom stereocenters. The fraction of sp³-hybridized carbons (Fsp3) is 0.133. The van der Waals surface area contributed by atoms with Gasteiger partial charge >= 0.3 is 0 Å². The van der Waals surface area contributed by atoms with E-state index in [2.05, 4.69) is 43.3 Å². The van der Waals surface area contributed by atoms with Crippen molar-refractivity contribution in [3.8, 4) is 0 Å². The maximum Gasteiger partial charge on any atom is 0.276 e. The molecule has 0 spiro atoms. The number of halogens is 1. The zero-order valence-corrected chi connectivity index (χ0v) is 13.1. The number of nitrogens with zero attached hydrogens (tertiary/aromatic N) is 2. The molecule has 2 aromatic rings. The van der Waals surface area contributed by atoms with Gasteiger partial charge in [-0.25, -0.2) is 0 Å². The second-order valence-corrected chi connectivity index (χ2v) is 5.25. The highest BCUT2D eigenvalue weighted by Crippen LogP contribution is 2.20. The van der Waals surface area contributed by atoms with Crippen LogP contribution in [0.15, 0.2) is 47.5 Å². The van der Waals surface area contributed by atoms with Crippen LogP contribution in [-0.4, -0.2) is 22.6 Å². The van der Waals surface area contributed by atoms with Crippen LogP contribution >= 0.6 is 15.9 Å². The van der Waals surface area contributed by atoms with Crippen molar-refractivity contribution in [2.75, 3.05) is 17.2 Å². The summed E-state index contributed by atoms with van der Waals surface area (Å²) in [5, 5.41) is 13.6. The van der Waals surface area contributed by atoms with E-state index in [1.54, 1.807) is 18.2 Å². The van der Waals surface area contributed by atoms with Gasteiger partial charge < -0.3 is 10.6 Å². The lowest BCUT2D eigenvalue weighted by atomic mass is 10.2. The predicted octanol–water partition coefficient (Wildman–Crippen LogP) is 3.40. The molecule has 0 aliphatic heterocycles. The van der Waals surface area contributed by atoms with Crippen LogP contribution in [0.2, 0.25) is 0 Å². The molecule has 0 aliphatic rings. The lowest BCUT2D eigenvalue weighted by Crippen LogP contribution is -2.15. The highest BCUT2D eigenvalue weighted by Gasteiger charge is 2.09. The van der Waals surface area contributed by atoms with E-state index in [9.17, 15) is 4.79 Å². The Morgan fingerprint density at radius 1 is 1.33 bits per heavy atom. The van der Waals surface area contributed by atoms with Crippen molar-refractivity contribution in [2.24, 2.45) is 0 Å². The minimum atomic E-state index is -0.292. The number of amides is 1. The smallest absolute Gasteiger partial charge is 0.276 e. The third-order valence-electron chi connectivity index (χ3n) is 2.74. The molecule has 1 aromatic carbocycles. The molecule has 6 heteroatoms. The normalized spacial score (nSPS) is 10.0. The molecule has 0 fully saturated rings. The number of nitrogens with one attached hydrogen (secondary N) is 2. The van der Waals surface area contributed by atoms with Crippen LogP contribution in [0.5, 0.6) is 0 Å². The largest absolute Gasteiger partial charge is 0.365 e. The summed E-state index contributed by atoms with van der Waals surface area (Å²) in [4.78, 5) is 12.1. The molecule has 0 aliphatic carbocycles. The number of anilines is 2. The van der Waals surface area contributed by atoms with Crippen molar-refractivity contribution >= 4 is 33.3 Å². The lowest BCUT2D eigenvalue weighted by molar-refractivity contribution is 0.102. The molecular formula is C15H15BrN4O. The third-order valence-corrected chi connectivity index (χ3v) is 3.63. The lowest BCUT2D eigenvalue weighted by Gasteiger charge is -2.07. The summed E-state index contributed by atoms with van der Waals surface area (Å²) >= 11 is 3.42. The first-order valence-electron chi connectivity index (χ1n) is 6.36. The van der Waals surface area contributed by atoms with Crippen LogP contribution in [0.4, 0.5) is 11.5 Å². The van der Waals surface area contributed by atoms with Gasteiger partial charge in [0.1, 0.15) is 5.82 Å². The standard InChI is InChI=1S/C15H15BrN4O/c1-3-8-17-14-7-6-13(19-20-14)15(21)18-11-4-5-12(16)10(2)9-11/h3-7,9H,1,8H2,2H3,(H,17,20)(H,18,21). The first-order chi connectivity index (χ1) is 10.1. The summed E-state index contributed by atoms with van der Waals surface area (Å²) in [6.45, 7) is 6.16. The molecule has 108 valence electrons. The van der Waals surface area contributed by atoms with Crippen molar-refractivity contribution in [3.63, 3.8) is 0 Å². The average Bonchev–Trinajstić information content (AvgIpc) is 2.49. The van der Waals surface area contributed by atoms with E-state index in [0.717, 1.165) is 15.7 Å². The zero-order chi connectivity index (χ0) is 15.2. The van der Waals surface area contributed by atoms with Gasteiger partial charge in [-0.05, 0) is 42.8 Å². The van der Waals surface area contributed by atoms with Crippen molar-refractivity contribution in [1.82, 2.24) is 10.2 Å². The van der Waals surface area contributed by atoms with Gasteiger partial charge in [0.2, 0.25) is 0 Å². The predicted molar refractivity (Wildman–Crippen MR) is 87.6 cm³/mol. The van der Waals surface area contributed by atoms with Gasteiger partial charge in [0.25, 0.3) is 5.91 Å². The molecule has 1 heterocycles. The Bertz CT molecular complexity index is 655. The monoisotopic (exact) mass is 346 g/mol. The first-order valence-corrected chi connectivity index (χ1v) is 7.15. The third kappa shape index (κ3) is 4.13. The fourth-order valence-corrected chi connectivity index (χ4v) is 1.89. The van der Waals surface area contributed by atoms with Crippen LogP contribution < -0.4 is 10.6 Å². The molecule has 2 rings (SSSR count). The van der Waals surface area contributed by atoms with Crippen LogP contribution in [0.25, 0.3) is 0 Å². The van der Waals surface area contributed by atoms with Crippen LogP contribution in [0.1, 0.15) is 16.1 Å². The van der Waals surface area contributed by atoms with Gasteiger partial charge in [0.05, 0.1) is 0 Å². The second kappa shape index (κ2) is 6.99. The fourth-order valence-electron chi connectivity index (χ4n) is 1.64. The van der Waals surface area contributed by atoms with Crippen LogP contribution in [0, 0.1) is 6.92 Å². The Kier molecular flexibility index (Phi) is 5.05. The quantitative estimate of drug-likeness (QED) is 0.814. The molecule has 1 amide bonds. The molecule has 0 bridgehead atoms. The molecule has 1 aromatic heterocycles. The van der Waals surface area contributed by atoms with Crippen molar-refractivity contribution in [1.29, 1.82) is 0 Å². The van der Waals surface area contributed by atoms with E-state index < -0.39 is 0 Å². The average molecular weight is 347 g/mol. The molecule has 5 nitrogen and oxygen atoms in total. The van der Waals surface area contributed by atoms with Gasteiger partial charge in [-0.3, -0.25) is 4.79 Å². The number of carbonyl (C=O) groups is 1. The number of benzene rings is 1. The van der Waals surface area contributed by atoms with Gasteiger partial charge in [0.15, 0.2) is 5.69 Å². The van der Waals surface area contributed by atoms with Gasteiger partial charge in [-0.15, -0.1) is 16.8 Å².